The van der Waals surface area contributed by atoms with Crippen LogP contribution in [0.25, 0.3) is 5.82 Å². The lowest BCUT2D eigenvalue weighted by molar-refractivity contribution is 0.152. The summed E-state index contributed by atoms with van der Waals surface area (Å²) in [4.78, 5) is 11.2. The molecule has 0 unspecified atom stereocenters. The first-order valence-corrected chi connectivity index (χ1v) is 7.64. The topological polar surface area (TPSA) is 73.4 Å². The van der Waals surface area contributed by atoms with Crippen LogP contribution in [0.1, 0.15) is 43.8 Å². The molecule has 0 aliphatic heterocycles. The second kappa shape index (κ2) is 7.13. The van der Waals surface area contributed by atoms with Crippen molar-refractivity contribution in [3.8, 4) is 5.82 Å². The molecule has 0 radical (unpaired) electrons. The lowest BCUT2D eigenvalue weighted by Gasteiger charge is -2.14. The highest BCUT2D eigenvalue weighted by Crippen LogP contribution is 2.21. The smallest absolute Gasteiger partial charge is 0.427 e. The molecule has 0 fully saturated rings. The van der Waals surface area contributed by atoms with Gasteiger partial charge in [-0.1, -0.05) is 0 Å². The van der Waals surface area contributed by atoms with E-state index in [0.29, 0.717) is 6.61 Å². The third-order valence-corrected chi connectivity index (χ3v) is 3.47. The van der Waals surface area contributed by atoms with Crippen molar-refractivity contribution in [1.29, 1.82) is 0 Å². The van der Waals surface area contributed by atoms with Crippen molar-refractivity contribution in [1.82, 2.24) is 19.8 Å². The minimum absolute atomic E-state index is 0.267. The van der Waals surface area contributed by atoms with Gasteiger partial charge in [0.25, 0.3) is 0 Å². The van der Waals surface area contributed by atoms with E-state index in [4.69, 9.17) is 4.74 Å². The van der Waals surface area contributed by atoms with Crippen LogP contribution in [-0.4, -0.2) is 33.3 Å². The van der Waals surface area contributed by atoms with Gasteiger partial charge in [0, 0.05) is 29.1 Å². The molecule has 2 aromatic heterocycles. The third kappa shape index (κ3) is 3.61. The fourth-order valence-electron chi connectivity index (χ4n) is 2.47. The fraction of sp³-hybridized carbons (Fsp3) is 0.438. The van der Waals surface area contributed by atoms with E-state index in [9.17, 15) is 4.79 Å². The lowest BCUT2D eigenvalue weighted by Crippen LogP contribution is -2.18. The van der Waals surface area contributed by atoms with E-state index in [0.717, 1.165) is 22.8 Å². The largest absolute Gasteiger partial charge is 0.449 e. The molecule has 0 aromatic carbocycles. The minimum atomic E-state index is -0.560. The second-order valence-electron chi connectivity index (χ2n) is 5.48. The molecule has 0 aliphatic rings. The van der Waals surface area contributed by atoms with Gasteiger partial charge in [0.15, 0.2) is 0 Å². The first kappa shape index (κ1) is 16.8. The number of nitrogens with zero attached hydrogens (tertiary/aromatic N) is 4. The van der Waals surface area contributed by atoms with Gasteiger partial charge in [0.2, 0.25) is 0 Å². The molecule has 2 aromatic rings. The molecule has 23 heavy (non-hydrogen) atoms. The molecular weight excluding hydrogens is 294 g/mol. The van der Waals surface area contributed by atoms with E-state index in [-0.39, 0.29) is 6.04 Å². The third-order valence-electron chi connectivity index (χ3n) is 3.47. The number of carbonyl (C=O) groups excluding carboxylic acids is 1. The van der Waals surface area contributed by atoms with Crippen LogP contribution in [0, 0.1) is 13.8 Å². The van der Waals surface area contributed by atoms with Gasteiger partial charge in [-0.2, -0.15) is 10.2 Å². The zero-order chi connectivity index (χ0) is 17.0. The monoisotopic (exact) mass is 317 g/mol. The molecule has 2 rings (SSSR count). The minimum Gasteiger partial charge on any atom is -0.449 e. The van der Waals surface area contributed by atoms with E-state index in [1.807, 2.05) is 30.7 Å². The SMILES string of the molecule is CCOC(=O)N/N=C\c1cc(C)n(-c2ccnn2C(C)C)c1C. The first-order valence-electron chi connectivity index (χ1n) is 7.64. The summed E-state index contributed by atoms with van der Waals surface area (Å²) in [6, 6.07) is 4.27. The normalized spacial score (nSPS) is 11.4. The summed E-state index contributed by atoms with van der Waals surface area (Å²) in [6.07, 6.45) is 2.85. The molecular formula is C16H23N5O2. The summed E-state index contributed by atoms with van der Waals surface area (Å²) >= 11 is 0. The van der Waals surface area contributed by atoms with Crippen LogP contribution in [-0.2, 0) is 4.74 Å². The molecule has 0 spiro atoms. The fourth-order valence-corrected chi connectivity index (χ4v) is 2.47. The molecule has 0 saturated carbocycles. The summed E-state index contributed by atoms with van der Waals surface area (Å²) in [5.74, 6) is 1.01. The van der Waals surface area contributed by atoms with Gasteiger partial charge in [-0.25, -0.2) is 14.9 Å². The average Bonchev–Trinajstić information content (AvgIpc) is 3.05. The maximum Gasteiger partial charge on any atom is 0.427 e. The van der Waals surface area contributed by atoms with Crippen LogP contribution in [0.15, 0.2) is 23.4 Å². The summed E-state index contributed by atoms with van der Waals surface area (Å²) < 4.78 is 8.85. The number of carbonyl (C=O) groups is 1. The molecule has 1 N–H and O–H groups in total. The van der Waals surface area contributed by atoms with E-state index < -0.39 is 6.09 Å². The van der Waals surface area contributed by atoms with Crippen molar-refractivity contribution < 1.29 is 9.53 Å². The first-order chi connectivity index (χ1) is 11.0. The van der Waals surface area contributed by atoms with E-state index in [1.54, 1.807) is 19.3 Å². The Morgan fingerprint density at radius 2 is 2.22 bits per heavy atom. The van der Waals surface area contributed by atoms with Gasteiger partial charge >= 0.3 is 6.09 Å². The van der Waals surface area contributed by atoms with Crippen LogP contribution >= 0.6 is 0 Å². The predicted octanol–water partition coefficient (Wildman–Crippen LogP) is 2.95. The lowest BCUT2D eigenvalue weighted by atomic mass is 10.3. The van der Waals surface area contributed by atoms with Gasteiger partial charge in [-0.05, 0) is 40.7 Å². The molecule has 7 nitrogen and oxygen atoms in total. The van der Waals surface area contributed by atoms with Crippen molar-refractivity contribution in [2.24, 2.45) is 5.10 Å². The maximum atomic E-state index is 11.2. The molecule has 0 saturated heterocycles. The maximum absolute atomic E-state index is 11.2. The van der Waals surface area contributed by atoms with Crippen LogP contribution in [0.2, 0.25) is 0 Å². The molecule has 0 atom stereocenters. The van der Waals surface area contributed by atoms with Crippen molar-refractivity contribution >= 4 is 12.3 Å². The van der Waals surface area contributed by atoms with Crippen molar-refractivity contribution in [3.63, 3.8) is 0 Å². The quantitative estimate of drug-likeness (QED) is 0.680. The van der Waals surface area contributed by atoms with Crippen molar-refractivity contribution in [3.05, 3.63) is 35.3 Å². The molecule has 2 heterocycles. The summed E-state index contributed by atoms with van der Waals surface area (Å²) in [5.41, 5.74) is 5.36. The van der Waals surface area contributed by atoms with Gasteiger partial charge < -0.3 is 9.30 Å². The van der Waals surface area contributed by atoms with E-state index in [2.05, 4.69) is 34.0 Å². The second-order valence-corrected chi connectivity index (χ2v) is 5.48. The number of amides is 1. The van der Waals surface area contributed by atoms with Crippen LogP contribution < -0.4 is 5.43 Å². The highest BCUT2D eigenvalue weighted by Gasteiger charge is 2.14. The number of aryl methyl sites for hydroxylation is 1. The Morgan fingerprint density at radius 3 is 2.87 bits per heavy atom. The molecule has 1 amide bonds. The highest BCUT2D eigenvalue weighted by atomic mass is 16.5. The Bertz CT molecular complexity index is 712. The Kier molecular flexibility index (Phi) is 5.20. The van der Waals surface area contributed by atoms with Crippen molar-refractivity contribution in [2.75, 3.05) is 6.61 Å². The van der Waals surface area contributed by atoms with E-state index >= 15 is 0 Å². The Hall–Kier alpha value is -2.57. The zero-order valence-corrected chi connectivity index (χ0v) is 14.2. The Balaban J connectivity index is 2.28. The van der Waals surface area contributed by atoms with Crippen LogP contribution in [0.4, 0.5) is 4.79 Å². The Morgan fingerprint density at radius 1 is 1.48 bits per heavy atom. The number of ether oxygens (including phenoxy) is 1. The van der Waals surface area contributed by atoms with Gasteiger partial charge in [0.05, 0.1) is 19.0 Å². The van der Waals surface area contributed by atoms with Crippen LogP contribution in [0.5, 0.6) is 0 Å². The van der Waals surface area contributed by atoms with E-state index in [1.165, 1.54) is 0 Å². The van der Waals surface area contributed by atoms with Gasteiger partial charge in [-0.15, -0.1) is 0 Å². The Labute approximate surface area is 135 Å². The number of hydrogen-bond acceptors (Lipinski definition) is 4. The van der Waals surface area contributed by atoms with Gasteiger partial charge in [-0.3, -0.25) is 0 Å². The number of nitrogens with one attached hydrogen (secondary N) is 1. The molecule has 0 aliphatic carbocycles. The number of rotatable bonds is 5. The average molecular weight is 317 g/mol. The zero-order valence-electron chi connectivity index (χ0n) is 14.2. The van der Waals surface area contributed by atoms with Crippen molar-refractivity contribution in [2.45, 2.75) is 40.7 Å². The summed E-state index contributed by atoms with van der Waals surface area (Å²) in [6.45, 7) is 10.3. The summed E-state index contributed by atoms with van der Waals surface area (Å²) in [7, 11) is 0. The van der Waals surface area contributed by atoms with Gasteiger partial charge in [0.1, 0.15) is 5.82 Å². The standard InChI is InChI=1S/C16H23N5O2/c1-6-23-16(22)19-17-10-14-9-12(4)20(13(14)5)15-7-8-18-21(15)11(2)3/h7-11H,6H2,1-5H3,(H,19,22)/b17-10-. The number of hydrazone groups is 1. The van der Waals surface area contributed by atoms with Crippen LogP contribution in [0.3, 0.4) is 0 Å². The predicted molar refractivity (Wildman–Crippen MR) is 89.2 cm³/mol. The number of aromatic nitrogens is 3. The highest BCUT2D eigenvalue weighted by molar-refractivity contribution is 5.83. The number of hydrogen-bond donors (Lipinski definition) is 1. The molecule has 0 bridgehead atoms. The summed E-state index contributed by atoms with van der Waals surface area (Å²) in [5, 5.41) is 8.31. The molecule has 124 valence electrons. The molecule has 7 heteroatoms.